The SMILES string of the molecule is CCc1ccc(C(=O)CN(C)C2CCOCC2)cc1. The Kier molecular flexibility index (Phi) is 5.11. The highest BCUT2D eigenvalue weighted by atomic mass is 16.5. The molecular weight excluding hydrogens is 238 g/mol. The van der Waals surface area contributed by atoms with E-state index in [2.05, 4.69) is 11.8 Å². The molecular formula is C16H23NO2. The number of ketones is 1. The van der Waals surface area contributed by atoms with Crippen LogP contribution >= 0.6 is 0 Å². The van der Waals surface area contributed by atoms with Gasteiger partial charge in [0.05, 0.1) is 6.54 Å². The van der Waals surface area contributed by atoms with Crippen LogP contribution in [0.15, 0.2) is 24.3 Å². The highest BCUT2D eigenvalue weighted by molar-refractivity contribution is 5.97. The highest BCUT2D eigenvalue weighted by Crippen LogP contribution is 2.14. The number of hydrogen-bond acceptors (Lipinski definition) is 3. The van der Waals surface area contributed by atoms with Crippen LogP contribution in [-0.4, -0.2) is 43.5 Å². The van der Waals surface area contributed by atoms with Crippen LogP contribution in [0.1, 0.15) is 35.7 Å². The fourth-order valence-electron chi connectivity index (χ4n) is 2.50. The van der Waals surface area contributed by atoms with Gasteiger partial charge in [-0.25, -0.2) is 0 Å². The lowest BCUT2D eigenvalue weighted by molar-refractivity contribution is 0.0418. The van der Waals surface area contributed by atoms with Gasteiger partial charge in [-0.1, -0.05) is 31.2 Å². The van der Waals surface area contributed by atoms with Crippen LogP contribution in [0.4, 0.5) is 0 Å². The van der Waals surface area contributed by atoms with Gasteiger partial charge in [0.2, 0.25) is 0 Å². The first-order valence-corrected chi connectivity index (χ1v) is 7.11. The van der Waals surface area contributed by atoms with Gasteiger partial charge in [0.1, 0.15) is 0 Å². The molecule has 0 bridgehead atoms. The quantitative estimate of drug-likeness (QED) is 0.763. The Morgan fingerprint density at radius 3 is 2.47 bits per heavy atom. The Bertz CT molecular complexity index is 407. The number of benzene rings is 1. The zero-order valence-corrected chi connectivity index (χ0v) is 11.9. The molecule has 1 aromatic rings. The predicted octanol–water partition coefficient (Wildman–Crippen LogP) is 2.54. The van der Waals surface area contributed by atoms with E-state index in [1.165, 1.54) is 5.56 Å². The average molecular weight is 261 g/mol. The lowest BCUT2D eigenvalue weighted by atomic mass is 10.0. The molecule has 0 aliphatic carbocycles. The van der Waals surface area contributed by atoms with Gasteiger partial charge >= 0.3 is 0 Å². The summed E-state index contributed by atoms with van der Waals surface area (Å²) >= 11 is 0. The summed E-state index contributed by atoms with van der Waals surface area (Å²) in [5.41, 5.74) is 2.09. The second-order valence-electron chi connectivity index (χ2n) is 5.23. The third-order valence-electron chi connectivity index (χ3n) is 3.89. The summed E-state index contributed by atoms with van der Waals surface area (Å²) in [6, 6.07) is 8.45. The third-order valence-corrected chi connectivity index (χ3v) is 3.89. The van der Waals surface area contributed by atoms with Gasteiger partial charge in [-0.05, 0) is 31.9 Å². The van der Waals surface area contributed by atoms with E-state index in [9.17, 15) is 4.79 Å². The van der Waals surface area contributed by atoms with E-state index in [1.807, 2.05) is 31.3 Å². The lowest BCUT2D eigenvalue weighted by Gasteiger charge is -2.30. The van der Waals surface area contributed by atoms with Crippen molar-refractivity contribution in [3.05, 3.63) is 35.4 Å². The summed E-state index contributed by atoms with van der Waals surface area (Å²) in [7, 11) is 2.04. The fourth-order valence-corrected chi connectivity index (χ4v) is 2.50. The number of Topliss-reactive ketones (excluding diaryl/α,β-unsaturated/α-hetero) is 1. The van der Waals surface area contributed by atoms with Gasteiger partial charge < -0.3 is 4.74 Å². The molecule has 0 aromatic heterocycles. The molecule has 1 saturated heterocycles. The van der Waals surface area contributed by atoms with E-state index in [0.717, 1.165) is 38.0 Å². The molecule has 0 spiro atoms. The fraction of sp³-hybridized carbons (Fsp3) is 0.562. The number of nitrogens with zero attached hydrogens (tertiary/aromatic N) is 1. The average Bonchev–Trinajstić information content (AvgIpc) is 2.48. The van der Waals surface area contributed by atoms with Crippen molar-refractivity contribution < 1.29 is 9.53 Å². The Labute approximate surface area is 115 Å². The molecule has 0 N–H and O–H groups in total. The maximum Gasteiger partial charge on any atom is 0.176 e. The van der Waals surface area contributed by atoms with Gasteiger partial charge in [0.25, 0.3) is 0 Å². The topological polar surface area (TPSA) is 29.5 Å². The molecule has 104 valence electrons. The molecule has 1 aliphatic heterocycles. The summed E-state index contributed by atoms with van der Waals surface area (Å²) in [5.74, 6) is 0.205. The van der Waals surface area contributed by atoms with E-state index in [-0.39, 0.29) is 5.78 Å². The smallest absolute Gasteiger partial charge is 0.176 e. The minimum Gasteiger partial charge on any atom is -0.381 e. The number of likely N-dealkylation sites (N-methyl/N-ethyl adjacent to an activating group) is 1. The predicted molar refractivity (Wildman–Crippen MR) is 76.6 cm³/mol. The Balaban J connectivity index is 1.91. The second-order valence-corrected chi connectivity index (χ2v) is 5.23. The zero-order valence-electron chi connectivity index (χ0n) is 11.9. The van der Waals surface area contributed by atoms with Gasteiger partial charge in [0, 0.05) is 24.8 Å². The molecule has 0 atom stereocenters. The zero-order chi connectivity index (χ0) is 13.7. The minimum absolute atomic E-state index is 0.205. The molecule has 0 radical (unpaired) electrons. The van der Waals surface area contributed by atoms with Gasteiger partial charge in [-0.3, -0.25) is 9.69 Å². The van der Waals surface area contributed by atoms with Crippen molar-refractivity contribution in [3.8, 4) is 0 Å². The van der Waals surface area contributed by atoms with E-state index in [4.69, 9.17) is 4.74 Å². The Morgan fingerprint density at radius 1 is 1.26 bits per heavy atom. The van der Waals surface area contributed by atoms with Crippen LogP contribution < -0.4 is 0 Å². The number of aryl methyl sites for hydroxylation is 1. The molecule has 1 heterocycles. The maximum absolute atomic E-state index is 12.2. The maximum atomic E-state index is 12.2. The first-order chi connectivity index (χ1) is 9.20. The minimum atomic E-state index is 0.205. The van der Waals surface area contributed by atoms with Crippen molar-refractivity contribution in [2.75, 3.05) is 26.8 Å². The van der Waals surface area contributed by atoms with Gasteiger partial charge in [-0.15, -0.1) is 0 Å². The largest absolute Gasteiger partial charge is 0.381 e. The van der Waals surface area contributed by atoms with Crippen molar-refractivity contribution in [3.63, 3.8) is 0 Å². The van der Waals surface area contributed by atoms with E-state index in [1.54, 1.807) is 0 Å². The van der Waals surface area contributed by atoms with Crippen LogP contribution in [0, 0.1) is 0 Å². The first kappa shape index (κ1) is 14.2. The van der Waals surface area contributed by atoms with Crippen LogP contribution in [0.5, 0.6) is 0 Å². The number of carbonyl (C=O) groups excluding carboxylic acids is 1. The summed E-state index contributed by atoms with van der Waals surface area (Å²) in [4.78, 5) is 14.4. The van der Waals surface area contributed by atoms with E-state index in [0.29, 0.717) is 12.6 Å². The number of carbonyl (C=O) groups is 1. The summed E-state index contributed by atoms with van der Waals surface area (Å²) in [6.45, 7) is 4.24. The molecule has 2 rings (SSSR count). The van der Waals surface area contributed by atoms with Crippen LogP contribution in [0.3, 0.4) is 0 Å². The molecule has 3 nitrogen and oxygen atoms in total. The number of hydrogen-bond donors (Lipinski definition) is 0. The lowest BCUT2D eigenvalue weighted by Crippen LogP contribution is -2.39. The normalized spacial score (nSPS) is 16.8. The molecule has 0 amide bonds. The number of ether oxygens (including phenoxy) is 1. The van der Waals surface area contributed by atoms with E-state index >= 15 is 0 Å². The van der Waals surface area contributed by atoms with Crippen LogP contribution in [-0.2, 0) is 11.2 Å². The molecule has 3 heteroatoms. The molecule has 1 aromatic carbocycles. The van der Waals surface area contributed by atoms with Crippen molar-refractivity contribution in [1.82, 2.24) is 4.90 Å². The summed E-state index contributed by atoms with van der Waals surface area (Å²) < 4.78 is 5.35. The van der Waals surface area contributed by atoms with Crippen molar-refractivity contribution in [1.29, 1.82) is 0 Å². The molecule has 0 saturated carbocycles. The number of rotatable bonds is 5. The Morgan fingerprint density at radius 2 is 1.89 bits per heavy atom. The van der Waals surface area contributed by atoms with E-state index < -0.39 is 0 Å². The van der Waals surface area contributed by atoms with Crippen molar-refractivity contribution in [2.24, 2.45) is 0 Å². The standard InChI is InChI=1S/C16H23NO2/c1-3-13-4-6-14(7-5-13)16(18)12-17(2)15-8-10-19-11-9-15/h4-7,15H,3,8-12H2,1-2H3. The van der Waals surface area contributed by atoms with Gasteiger partial charge in [-0.2, -0.15) is 0 Å². The molecule has 1 fully saturated rings. The third kappa shape index (κ3) is 3.88. The Hall–Kier alpha value is -1.19. The summed E-state index contributed by atoms with van der Waals surface area (Å²) in [5, 5.41) is 0. The molecule has 19 heavy (non-hydrogen) atoms. The highest BCUT2D eigenvalue weighted by Gasteiger charge is 2.20. The molecule has 1 aliphatic rings. The monoisotopic (exact) mass is 261 g/mol. The van der Waals surface area contributed by atoms with Crippen LogP contribution in [0.25, 0.3) is 0 Å². The second kappa shape index (κ2) is 6.83. The van der Waals surface area contributed by atoms with Crippen molar-refractivity contribution in [2.45, 2.75) is 32.2 Å². The summed E-state index contributed by atoms with van der Waals surface area (Å²) in [6.07, 6.45) is 3.06. The first-order valence-electron chi connectivity index (χ1n) is 7.11. The van der Waals surface area contributed by atoms with Crippen LogP contribution in [0.2, 0.25) is 0 Å². The molecule has 0 unspecified atom stereocenters. The van der Waals surface area contributed by atoms with Crippen molar-refractivity contribution >= 4 is 5.78 Å². The van der Waals surface area contributed by atoms with Gasteiger partial charge in [0.15, 0.2) is 5.78 Å².